The first-order valence-electron chi connectivity index (χ1n) is 8.68. The Hall–Kier alpha value is -2.33. The molecule has 2 aromatic carbocycles. The molecule has 1 aromatic heterocycles. The molecular weight excluding hydrogens is 315 g/mol. The van der Waals surface area contributed by atoms with E-state index in [4.69, 9.17) is 4.74 Å². The number of halogens is 1. The van der Waals surface area contributed by atoms with Crippen LogP contribution < -0.4 is 4.74 Å². The van der Waals surface area contributed by atoms with Gasteiger partial charge in [0.2, 0.25) is 0 Å². The van der Waals surface area contributed by atoms with E-state index in [9.17, 15) is 4.39 Å². The van der Waals surface area contributed by atoms with Crippen LogP contribution in [0.1, 0.15) is 16.7 Å². The number of likely N-dealkylation sites (N-methyl/N-ethyl adjacent to an activating group) is 1. The second-order valence-electron chi connectivity index (χ2n) is 6.55. The quantitative estimate of drug-likeness (QED) is 0.660. The molecule has 3 aromatic rings. The lowest BCUT2D eigenvalue weighted by Gasteiger charge is -2.13. The zero-order valence-corrected chi connectivity index (χ0v) is 14.9. The van der Waals surface area contributed by atoms with Crippen LogP contribution in [0.2, 0.25) is 0 Å². The number of benzene rings is 2. The van der Waals surface area contributed by atoms with E-state index in [-0.39, 0.29) is 6.67 Å². The van der Waals surface area contributed by atoms with Gasteiger partial charge in [-0.25, -0.2) is 0 Å². The Labute approximate surface area is 148 Å². The fraction of sp³-hybridized carbons (Fsp3) is 0.333. The second kappa shape index (κ2) is 8.17. The van der Waals surface area contributed by atoms with Gasteiger partial charge >= 0.3 is 0 Å². The monoisotopic (exact) mass is 340 g/mol. The number of rotatable bonds is 8. The SMILES string of the molecule is CN(C)CCc1c[nH]c2c(CCF)ccc(OCc3ccccc3)c12. The first kappa shape index (κ1) is 17.5. The minimum absolute atomic E-state index is 0.356. The van der Waals surface area contributed by atoms with Crippen LogP contribution in [0, 0.1) is 0 Å². The first-order valence-corrected chi connectivity index (χ1v) is 8.68. The number of aromatic amines is 1. The molecule has 0 aliphatic carbocycles. The van der Waals surface area contributed by atoms with Crippen LogP contribution in [-0.4, -0.2) is 37.2 Å². The van der Waals surface area contributed by atoms with Crippen LogP contribution in [0.4, 0.5) is 4.39 Å². The molecule has 132 valence electrons. The minimum Gasteiger partial charge on any atom is -0.488 e. The Morgan fingerprint density at radius 3 is 2.52 bits per heavy atom. The summed E-state index contributed by atoms with van der Waals surface area (Å²) in [6.45, 7) is 1.13. The first-order chi connectivity index (χ1) is 12.2. The summed E-state index contributed by atoms with van der Waals surface area (Å²) in [6, 6.07) is 14.1. The lowest BCUT2D eigenvalue weighted by atomic mass is 10.0. The van der Waals surface area contributed by atoms with Crippen molar-refractivity contribution in [3.8, 4) is 5.75 Å². The molecule has 0 atom stereocenters. The van der Waals surface area contributed by atoms with Gasteiger partial charge in [0.05, 0.1) is 12.2 Å². The highest BCUT2D eigenvalue weighted by atomic mass is 19.1. The molecule has 0 radical (unpaired) electrons. The predicted molar refractivity (Wildman–Crippen MR) is 101 cm³/mol. The van der Waals surface area contributed by atoms with Gasteiger partial charge in [0.1, 0.15) is 12.4 Å². The maximum atomic E-state index is 12.9. The predicted octanol–water partition coefficient (Wildman–Crippen LogP) is 4.36. The molecular formula is C21H25FN2O. The highest BCUT2D eigenvalue weighted by molar-refractivity contribution is 5.91. The average Bonchev–Trinajstić information content (AvgIpc) is 3.05. The molecule has 0 bridgehead atoms. The fourth-order valence-corrected chi connectivity index (χ4v) is 3.05. The molecule has 0 unspecified atom stereocenters. The van der Waals surface area contributed by atoms with E-state index in [1.54, 1.807) is 0 Å². The number of ether oxygens (including phenoxy) is 1. The summed E-state index contributed by atoms with van der Waals surface area (Å²) in [5.74, 6) is 0.858. The van der Waals surface area contributed by atoms with Crippen molar-refractivity contribution in [1.29, 1.82) is 0 Å². The van der Waals surface area contributed by atoms with Crippen molar-refractivity contribution in [2.24, 2.45) is 0 Å². The molecule has 0 spiro atoms. The number of hydrogen-bond donors (Lipinski definition) is 1. The van der Waals surface area contributed by atoms with Crippen molar-refractivity contribution in [1.82, 2.24) is 9.88 Å². The van der Waals surface area contributed by atoms with Crippen molar-refractivity contribution in [3.63, 3.8) is 0 Å². The summed E-state index contributed by atoms with van der Waals surface area (Å²) < 4.78 is 19.0. The number of nitrogens with zero attached hydrogens (tertiary/aromatic N) is 1. The number of alkyl halides is 1. The lowest BCUT2D eigenvalue weighted by molar-refractivity contribution is 0.310. The van der Waals surface area contributed by atoms with Crippen LogP contribution in [0.3, 0.4) is 0 Å². The van der Waals surface area contributed by atoms with Crippen LogP contribution >= 0.6 is 0 Å². The molecule has 0 fully saturated rings. The third-order valence-corrected chi connectivity index (χ3v) is 4.39. The molecule has 3 rings (SSSR count). The van der Waals surface area contributed by atoms with Crippen molar-refractivity contribution in [2.75, 3.05) is 27.3 Å². The van der Waals surface area contributed by atoms with Crippen molar-refractivity contribution < 1.29 is 9.13 Å². The normalized spacial score (nSPS) is 11.4. The Kier molecular flexibility index (Phi) is 5.71. The smallest absolute Gasteiger partial charge is 0.129 e. The van der Waals surface area contributed by atoms with Crippen molar-refractivity contribution in [2.45, 2.75) is 19.4 Å². The number of nitrogens with one attached hydrogen (secondary N) is 1. The molecule has 1 N–H and O–H groups in total. The summed E-state index contributed by atoms with van der Waals surface area (Å²) in [6.07, 6.45) is 3.38. The molecule has 0 aliphatic rings. The van der Waals surface area contributed by atoms with E-state index in [1.165, 1.54) is 5.56 Å². The van der Waals surface area contributed by atoms with Gasteiger partial charge in [-0.1, -0.05) is 36.4 Å². The van der Waals surface area contributed by atoms with Crippen molar-refractivity contribution in [3.05, 3.63) is 65.4 Å². The summed E-state index contributed by atoms with van der Waals surface area (Å²) >= 11 is 0. The minimum atomic E-state index is -0.356. The summed E-state index contributed by atoms with van der Waals surface area (Å²) in [7, 11) is 4.13. The highest BCUT2D eigenvalue weighted by Crippen LogP contribution is 2.32. The molecule has 0 aliphatic heterocycles. The number of aromatic nitrogens is 1. The summed E-state index contributed by atoms with van der Waals surface area (Å²) in [5, 5.41) is 1.09. The van der Waals surface area contributed by atoms with Crippen LogP contribution in [-0.2, 0) is 19.4 Å². The van der Waals surface area contributed by atoms with Crippen LogP contribution in [0.25, 0.3) is 10.9 Å². The van der Waals surface area contributed by atoms with E-state index in [1.807, 2.05) is 36.5 Å². The number of hydrogen-bond acceptors (Lipinski definition) is 2. The van der Waals surface area contributed by atoms with Gasteiger partial charge in [-0.05, 0) is 43.3 Å². The summed E-state index contributed by atoms with van der Waals surface area (Å²) in [5.41, 5.74) is 4.35. The van der Waals surface area contributed by atoms with E-state index in [0.29, 0.717) is 13.0 Å². The Morgan fingerprint density at radius 2 is 1.80 bits per heavy atom. The topological polar surface area (TPSA) is 28.3 Å². The van der Waals surface area contributed by atoms with Crippen LogP contribution in [0.15, 0.2) is 48.7 Å². The summed E-state index contributed by atoms with van der Waals surface area (Å²) in [4.78, 5) is 5.50. The van der Waals surface area contributed by atoms with E-state index in [0.717, 1.165) is 40.7 Å². The van der Waals surface area contributed by atoms with Gasteiger partial charge in [-0.3, -0.25) is 4.39 Å². The van der Waals surface area contributed by atoms with Gasteiger partial charge in [0, 0.05) is 24.5 Å². The van der Waals surface area contributed by atoms with Gasteiger partial charge < -0.3 is 14.6 Å². The maximum absolute atomic E-state index is 12.9. The molecule has 0 saturated heterocycles. The fourth-order valence-electron chi connectivity index (χ4n) is 3.05. The largest absolute Gasteiger partial charge is 0.488 e. The van der Waals surface area contributed by atoms with E-state index in [2.05, 4.69) is 36.1 Å². The molecule has 1 heterocycles. The van der Waals surface area contributed by atoms with Gasteiger partial charge in [-0.15, -0.1) is 0 Å². The molecule has 0 amide bonds. The highest BCUT2D eigenvalue weighted by Gasteiger charge is 2.14. The standard InChI is InChI=1S/C21H25FN2O/c1-24(2)13-11-18-14-23-21-17(10-12-22)8-9-19(20(18)21)25-15-16-6-4-3-5-7-16/h3-9,14,23H,10-13,15H2,1-2H3. The van der Waals surface area contributed by atoms with Gasteiger partial charge in [0.25, 0.3) is 0 Å². The zero-order chi connectivity index (χ0) is 17.6. The lowest BCUT2D eigenvalue weighted by Crippen LogP contribution is -2.14. The average molecular weight is 340 g/mol. The van der Waals surface area contributed by atoms with E-state index >= 15 is 0 Å². The number of aryl methyl sites for hydroxylation is 1. The van der Waals surface area contributed by atoms with Gasteiger partial charge in [0.15, 0.2) is 0 Å². The second-order valence-corrected chi connectivity index (χ2v) is 6.55. The molecule has 25 heavy (non-hydrogen) atoms. The van der Waals surface area contributed by atoms with Crippen LogP contribution in [0.5, 0.6) is 5.75 Å². The number of fused-ring (bicyclic) bond motifs is 1. The Morgan fingerprint density at radius 1 is 1.00 bits per heavy atom. The Balaban J connectivity index is 1.92. The van der Waals surface area contributed by atoms with Gasteiger partial charge in [-0.2, -0.15) is 0 Å². The third-order valence-electron chi connectivity index (χ3n) is 4.39. The maximum Gasteiger partial charge on any atom is 0.129 e. The molecule has 3 nitrogen and oxygen atoms in total. The number of H-pyrrole nitrogens is 1. The third kappa shape index (κ3) is 4.20. The van der Waals surface area contributed by atoms with Crippen molar-refractivity contribution >= 4 is 10.9 Å². The molecule has 4 heteroatoms. The Bertz CT molecular complexity index is 811. The molecule has 0 saturated carbocycles. The van der Waals surface area contributed by atoms with E-state index < -0.39 is 0 Å². The zero-order valence-electron chi connectivity index (χ0n) is 14.9.